The van der Waals surface area contributed by atoms with E-state index in [-0.39, 0.29) is 0 Å². The Morgan fingerprint density at radius 1 is 1.43 bits per heavy atom. The Morgan fingerprint density at radius 2 is 2.17 bits per heavy atom. The number of imidazole rings is 1. The van der Waals surface area contributed by atoms with E-state index >= 15 is 0 Å². The Labute approximate surface area is 134 Å². The van der Waals surface area contributed by atoms with Gasteiger partial charge in [-0.15, -0.1) is 0 Å². The van der Waals surface area contributed by atoms with Crippen molar-refractivity contribution < 1.29 is 33.8 Å². The van der Waals surface area contributed by atoms with E-state index in [1.165, 1.54) is 17.2 Å². The van der Waals surface area contributed by atoms with Crippen molar-refractivity contribution in [2.45, 2.75) is 30.0 Å². The molecular formula is C10H14ClN4O7P. The molecule has 1 aromatic rings. The first-order valence-corrected chi connectivity index (χ1v) is 8.45. The third-order valence-corrected chi connectivity index (χ3v) is 4.28. The van der Waals surface area contributed by atoms with Gasteiger partial charge in [-0.25, -0.2) is 14.5 Å². The van der Waals surface area contributed by atoms with E-state index in [2.05, 4.69) is 19.8 Å². The molecule has 3 heterocycles. The summed E-state index contributed by atoms with van der Waals surface area (Å²) >= 11 is 5.99. The molecule has 5 N–H and O–H groups in total. The lowest BCUT2D eigenvalue weighted by atomic mass is 10.1. The summed E-state index contributed by atoms with van der Waals surface area (Å²) in [5.41, 5.74) is -0.265. The second-order valence-corrected chi connectivity index (χ2v) is 6.63. The van der Waals surface area contributed by atoms with E-state index in [0.29, 0.717) is 11.5 Å². The molecule has 2 aliphatic rings. The second-order valence-electron chi connectivity index (χ2n) is 4.98. The van der Waals surface area contributed by atoms with Gasteiger partial charge in [0.2, 0.25) is 0 Å². The molecular weight excluding hydrogens is 355 g/mol. The molecule has 11 nitrogen and oxygen atoms in total. The number of aliphatic imine (C=N–C) groups is 1. The van der Waals surface area contributed by atoms with E-state index in [1.807, 2.05) is 0 Å². The molecule has 1 aromatic heterocycles. The van der Waals surface area contributed by atoms with Crippen LogP contribution in [0.5, 0.6) is 0 Å². The Hall–Kier alpha value is -1.04. The number of hydrogen-bond acceptors (Lipinski definition) is 8. The van der Waals surface area contributed by atoms with Gasteiger partial charge in [-0.1, -0.05) is 11.6 Å². The fraction of sp³-hybridized carbons (Fsp3) is 0.600. The monoisotopic (exact) mass is 368 g/mol. The van der Waals surface area contributed by atoms with Crippen LogP contribution in [0.3, 0.4) is 0 Å². The Bertz CT molecular complexity index is 664. The smallest absolute Gasteiger partial charge is 0.387 e. The number of ether oxygens (including phenoxy) is 1. The van der Waals surface area contributed by atoms with Crippen molar-refractivity contribution in [2.75, 3.05) is 11.9 Å². The third kappa shape index (κ3) is 3.28. The van der Waals surface area contributed by atoms with Gasteiger partial charge in [0.15, 0.2) is 11.7 Å². The van der Waals surface area contributed by atoms with Crippen LogP contribution in [0, 0.1) is 0 Å². The molecule has 0 amide bonds. The minimum atomic E-state index is -4.71. The van der Waals surface area contributed by atoms with Crippen LogP contribution in [0.1, 0.15) is 17.4 Å². The predicted molar refractivity (Wildman–Crippen MR) is 76.9 cm³/mol. The van der Waals surface area contributed by atoms with E-state index in [1.54, 1.807) is 0 Å². The van der Waals surface area contributed by atoms with Crippen molar-refractivity contribution in [3.8, 4) is 0 Å². The van der Waals surface area contributed by atoms with Crippen LogP contribution in [0.2, 0.25) is 0 Å². The van der Waals surface area contributed by atoms with Gasteiger partial charge in [-0.2, -0.15) is 0 Å². The number of hydrogen-bond donors (Lipinski definition) is 5. The standard InChI is InChI=1S/C10H14ClN4O7P/c11-8-5-9(13-2-12-8)15(3-14-5)10-7(17)6(16)4(22-10)1-21-23(18,19)20/h2-4,6-8,10,16-17H,1H2,(H,12,13)(H2,18,19,20)/t4-,6-,7-,8?,10-/m1/s1. The molecule has 0 bridgehead atoms. The molecule has 1 unspecified atom stereocenters. The number of phosphoric ester groups is 1. The molecule has 2 aliphatic heterocycles. The summed E-state index contributed by atoms with van der Waals surface area (Å²) in [5, 5.41) is 22.9. The van der Waals surface area contributed by atoms with Crippen LogP contribution in [0.25, 0.3) is 0 Å². The normalized spacial score (nSPS) is 33.5. The average Bonchev–Trinajstić information content (AvgIpc) is 3.01. The van der Waals surface area contributed by atoms with Gasteiger partial charge in [0, 0.05) is 0 Å². The highest BCUT2D eigenvalue weighted by atomic mass is 35.5. The number of aromatic nitrogens is 2. The zero-order chi connectivity index (χ0) is 16.8. The molecule has 13 heteroatoms. The number of alkyl halides is 1. The lowest BCUT2D eigenvalue weighted by Gasteiger charge is -2.21. The summed E-state index contributed by atoms with van der Waals surface area (Å²) in [6, 6.07) is 0. The van der Waals surface area contributed by atoms with Crippen LogP contribution in [0.4, 0.5) is 5.82 Å². The van der Waals surface area contributed by atoms with Gasteiger partial charge in [0.25, 0.3) is 0 Å². The van der Waals surface area contributed by atoms with Crippen LogP contribution in [-0.2, 0) is 13.8 Å². The number of aliphatic hydroxyl groups excluding tert-OH is 2. The van der Waals surface area contributed by atoms with E-state index in [4.69, 9.17) is 26.1 Å². The molecule has 5 atom stereocenters. The van der Waals surface area contributed by atoms with Gasteiger partial charge >= 0.3 is 7.82 Å². The number of anilines is 1. The minimum absolute atomic E-state index is 0.425. The summed E-state index contributed by atoms with van der Waals surface area (Å²) in [6.07, 6.45) is -2.18. The van der Waals surface area contributed by atoms with Gasteiger partial charge in [-0.3, -0.25) is 9.09 Å². The number of fused-ring (bicyclic) bond motifs is 1. The highest BCUT2D eigenvalue weighted by molar-refractivity contribution is 7.46. The molecule has 0 spiro atoms. The zero-order valence-electron chi connectivity index (χ0n) is 11.4. The molecule has 1 fully saturated rings. The zero-order valence-corrected chi connectivity index (χ0v) is 13.1. The minimum Gasteiger partial charge on any atom is -0.387 e. The van der Waals surface area contributed by atoms with Crippen LogP contribution in [0.15, 0.2) is 11.3 Å². The summed E-state index contributed by atoms with van der Waals surface area (Å²) in [4.78, 5) is 25.4. The first-order valence-electron chi connectivity index (χ1n) is 6.48. The summed E-state index contributed by atoms with van der Waals surface area (Å²) in [7, 11) is -4.71. The molecule has 0 saturated carbocycles. The van der Waals surface area contributed by atoms with Crippen molar-refractivity contribution in [1.82, 2.24) is 9.55 Å². The first kappa shape index (κ1) is 16.8. The number of phosphoric acid groups is 1. The van der Waals surface area contributed by atoms with Crippen molar-refractivity contribution in [3.05, 3.63) is 12.0 Å². The topological polar surface area (TPSA) is 159 Å². The number of nitrogens with zero attached hydrogens (tertiary/aromatic N) is 3. The number of nitrogens with one attached hydrogen (secondary N) is 1. The predicted octanol–water partition coefficient (Wildman–Crippen LogP) is -0.697. The lowest BCUT2D eigenvalue weighted by molar-refractivity contribution is -0.0511. The number of rotatable bonds is 4. The Morgan fingerprint density at radius 3 is 2.87 bits per heavy atom. The maximum Gasteiger partial charge on any atom is 0.469 e. The van der Waals surface area contributed by atoms with Crippen LogP contribution >= 0.6 is 19.4 Å². The number of halogens is 1. The molecule has 1 saturated heterocycles. The summed E-state index contributed by atoms with van der Waals surface area (Å²) in [5.74, 6) is 0.438. The van der Waals surface area contributed by atoms with E-state index in [9.17, 15) is 14.8 Å². The van der Waals surface area contributed by atoms with E-state index < -0.39 is 44.5 Å². The maximum atomic E-state index is 10.7. The van der Waals surface area contributed by atoms with Crippen molar-refractivity contribution in [2.24, 2.45) is 4.99 Å². The molecule has 0 aliphatic carbocycles. The maximum absolute atomic E-state index is 10.7. The largest absolute Gasteiger partial charge is 0.469 e. The highest BCUT2D eigenvalue weighted by Crippen LogP contribution is 2.40. The van der Waals surface area contributed by atoms with Gasteiger partial charge in [0.1, 0.15) is 29.8 Å². The van der Waals surface area contributed by atoms with Crippen molar-refractivity contribution in [1.29, 1.82) is 0 Å². The quantitative estimate of drug-likeness (QED) is 0.263. The number of aliphatic hydroxyl groups is 2. The molecule has 0 radical (unpaired) electrons. The molecule has 23 heavy (non-hydrogen) atoms. The summed E-state index contributed by atoms with van der Waals surface area (Å²) < 4.78 is 21.9. The van der Waals surface area contributed by atoms with Gasteiger partial charge < -0.3 is 30.1 Å². The van der Waals surface area contributed by atoms with Gasteiger partial charge in [-0.05, 0) is 0 Å². The fourth-order valence-electron chi connectivity index (χ4n) is 2.39. The average molecular weight is 369 g/mol. The first-order chi connectivity index (χ1) is 10.8. The molecule has 0 aromatic carbocycles. The Kier molecular flexibility index (Phi) is 4.47. The van der Waals surface area contributed by atoms with E-state index in [0.717, 1.165) is 0 Å². The van der Waals surface area contributed by atoms with Crippen molar-refractivity contribution >= 4 is 31.6 Å². The third-order valence-electron chi connectivity index (χ3n) is 3.47. The lowest BCUT2D eigenvalue weighted by Crippen LogP contribution is -2.33. The molecule has 3 rings (SSSR count). The second kappa shape index (κ2) is 6.11. The summed E-state index contributed by atoms with van der Waals surface area (Å²) in [6.45, 7) is -0.580. The van der Waals surface area contributed by atoms with Crippen molar-refractivity contribution in [3.63, 3.8) is 0 Å². The SMILES string of the molecule is O=P(O)(O)OC[C@H]1O[C@@H](n2cnc3c2NC=NC3Cl)[C@H](O)[C@@H]1O. The highest BCUT2D eigenvalue weighted by Gasteiger charge is 2.45. The fourth-order valence-corrected chi connectivity index (χ4v) is 2.95. The van der Waals surface area contributed by atoms with Crippen LogP contribution < -0.4 is 5.32 Å². The van der Waals surface area contributed by atoms with Gasteiger partial charge in [0.05, 0.1) is 19.3 Å². The molecule has 128 valence electrons. The Balaban J connectivity index is 1.78. The van der Waals surface area contributed by atoms with Crippen LogP contribution in [-0.4, -0.2) is 60.8 Å².